The lowest BCUT2D eigenvalue weighted by molar-refractivity contribution is -0.139. The number of hydrogen-bond donors (Lipinski definition) is 2. The molecule has 2 aromatic rings. The SMILES string of the molecule is Cc1ccc2nc(C[C@H]3CN(C4CCOCC4)CC[C@H]3CC(=O)O)[nH]c2c1. The minimum Gasteiger partial charge on any atom is -0.481 e. The summed E-state index contributed by atoms with van der Waals surface area (Å²) < 4.78 is 5.51. The number of rotatable bonds is 5. The van der Waals surface area contributed by atoms with Gasteiger partial charge < -0.3 is 14.8 Å². The third kappa shape index (κ3) is 4.33. The van der Waals surface area contributed by atoms with E-state index in [1.165, 1.54) is 5.56 Å². The largest absolute Gasteiger partial charge is 0.481 e. The molecule has 1 aromatic carbocycles. The van der Waals surface area contributed by atoms with Crippen LogP contribution in [0.5, 0.6) is 0 Å². The van der Waals surface area contributed by atoms with Crippen molar-refractivity contribution in [3.05, 3.63) is 29.6 Å². The van der Waals surface area contributed by atoms with Gasteiger partial charge in [-0.05, 0) is 62.3 Å². The molecule has 0 aliphatic carbocycles. The molecule has 3 heterocycles. The lowest BCUT2D eigenvalue weighted by Crippen LogP contribution is -2.48. The van der Waals surface area contributed by atoms with Crippen molar-refractivity contribution < 1.29 is 14.6 Å². The van der Waals surface area contributed by atoms with Crippen molar-refractivity contribution in [2.75, 3.05) is 26.3 Å². The van der Waals surface area contributed by atoms with E-state index in [0.717, 1.165) is 68.8 Å². The van der Waals surface area contributed by atoms with E-state index in [4.69, 9.17) is 9.72 Å². The normalized spacial score (nSPS) is 25.1. The summed E-state index contributed by atoms with van der Waals surface area (Å²) in [6.07, 6.45) is 4.19. The van der Waals surface area contributed by atoms with Crippen molar-refractivity contribution in [2.24, 2.45) is 11.8 Å². The van der Waals surface area contributed by atoms with Crippen LogP contribution < -0.4 is 0 Å². The lowest BCUT2D eigenvalue weighted by Gasteiger charge is -2.43. The molecule has 2 atom stereocenters. The highest BCUT2D eigenvalue weighted by atomic mass is 16.5. The molecule has 0 amide bonds. The van der Waals surface area contributed by atoms with E-state index in [2.05, 4.69) is 35.0 Å². The van der Waals surface area contributed by atoms with Gasteiger partial charge in [0.05, 0.1) is 11.0 Å². The van der Waals surface area contributed by atoms with E-state index in [9.17, 15) is 9.90 Å². The zero-order valence-electron chi connectivity index (χ0n) is 16.0. The fraction of sp³-hybridized carbons (Fsp3) is 0.619. The van der Waals surface area contributed by atoms with Gasteiger partial charge in [-0.25, -0.2) is 4.98 Å². The van der Waals surface area contributed by atoms with Crippen molar-refractivity contribution in [3.8, 4) is 0 Å². The molecule has 27 heavy (non-hydrogen) atoms. The quantitative estimate of drug-likeness (QED) is 0.845. The Balaban J connectivity index is 1.51. The van der Waals surface area contributed by atoms with Crippen LogP contribution in [0.15, 0.2) is 18.2 Å². The van der Waals surface area contributed by atoms with E-state index in [0.29, 0.717) is 12.0 Å². The maximum Gasteiger partial charge on any atom is 0.303 e. The molecule has 0 spiro atoms. The third-order valence-corrected chi connectivity index (χ3v) is 6.21. The van der Waals surface area contributed by atoms with Gasteiger partial charge in [-0.2, -0.15) is 0 Å². The minimum atomic E-state index is -0.690. The average Bonchev–Trinajstić information content (AvgIpc) is 3.05. The van der Waals surface area contributed by atoms with Crippen LogP contribution >= 0.6 is 0 Å². The number of carboxylic acids is 1. The van der Waals surface area contributed by atoms with Crippen molar-refractivity contribution in [1.29, 1.82) is 0 Å². The number of benzene rings is 1. The van der Waals surface area contributed by atoms with Gasteiger partial charge in [0.2, 0.25) is 0 Å². The van der Waals surface area contributed by atoms with Crippen LogP contribution in [0.2, 0.25) is 0 Å². The Morgan fingerprint density at radius 2 is 2.11 bits per heavy atom. The standard InChI is InChI=1S/C21H29N3O3/c1-14-2-3-18-19(10-14)23-20(22-18)11-16-13-24(17-5-8-27-9-6-17)7-4-15(16)12-21(25)26/h2-3,10,15-17H,4-9,11-13H2,1H3,(H,22,23)(H,25,26)/t15-,16-/m0/s1. The molecular formula is C21H29N3O3. The Labute approximate surface area is 159 Å². The van der Waals surface area contributed by atoms with Crippen LogP contribution in [0.25, 0.3) is 11.0 Å². The number of nitrogens with one attached hydrogen (secondary N) is 1. The Bertz CT molecular complexity index is 797. The Morgan fingerprint density at radius 3 is 2.89 bits per heavy atom. The molecule has 2 fully saturated rings. The number of H-pyrrole nitrogens is 1. The number of fused-ring (bicyclic) bond motifs is 1. The van der Waals surface area contributed by atoms with Crippen LogP contribution in [-0.2, 0) is 16.0 Å². The summed E-state index contributed by atoms with van der Waals surface area (Å²) in [5, 5.41) is 9.36. The first-order valence-electron chi connectivity index (χ1n) is 10.1. The molecule has 146 valence electrons. The minimum absolute atomic E-state index is 0.216. The number of ether oxygens (including phenoxy) is 1. The second kappa shape index (κ2) is 7.98. The number of aliphatic carboxylic acids is 1. The smallest absolute Gasteiger partial charge is 0.303 e. The number of carboxylic acid groups (broad SMARTS) is 1. The Kier molecular flexibility index (Phi) is 5.45. The molecule has 6 heteroatoms. The second-order valence-electron chi connectivity index (χ2n) is 8.15. The number of hydrogen-bond acceptors (Lipinski definition) is 4. The highest BCUT2D eigenvalue weighted by Gasteiger charge is 2.34. The zero-order chi connectivity index (χ0) is 18.8. The van der Waals surface area contributed by atoms with Crippen LogP contribution in [0, 0.1) is 18.8 Å². The topological polar surface area (TPSA) is 78.5 Å². The lowest BCUT2D eigenvalue weighted by atomic mass is 9.80. The van der Waals surface area contributed by atoms with Gasteiger partial charge in [-0.3, -0.25) is 9.69 Å². The van der Waals surface area contributed by atoms with Crippen LogP contribution in [0.3, 0.4) is 0 Å². The number of carbonyl (C=O) groups is 1. The summed E-state index contributed by atoms with van der Waals surface area (Å²) >= 11 is 0. The summed E-state index contributed by atoms with van der Waals surface area (Å²) in [7, 11) is 0. The van der Waals surface area contributed by atoms with Gasteiger partial charge in [0.1, 0.15) is 5.82 Å². The molecule has 0 bridgehead atoms. The fourth-order valence-corrected chi connectivity index (χ4v) is 4.74. The van der Waals surface area contributed by atoms with Crippen molar-refractivity contribution >= 4 is 17.0 Å². The van der Waals surface area contributed by atoms with Gasteiger partial charge in [-0.1, -0.05) is 6.07 Å². The number of aromatic nitrogens is 2. The van der Waals surface area contributed by atoms with E-state index in [1.807, 2.05) is 0 Å². The predicted octanol–water partition coefficient (Wildman–Crippen LogP) is 3.01. The Morgan fingerprint density at radius 1 is 1.30 bits per heavy atom. The number of likely N-dealkylation sites (tertiary alicyclic amines) is 1. The second-order valence-corrected chi connectivity index (χ2v) is 8.15. The highest BCUT2D eigenvalue weighted by molar-refractivity contribution is 5.75. The highest BCUT2D eigenvalue weighted by Crippen LogP contribution is 2.32. The van der Waals surface area contributed by atoms with Crippen molar-refractivity contribution in [2.45, 2.75) is 45.1 Å². The number of aryl methyl sites for hydroxylation is 1. The summed E-state index contributed by atoms with van der Waals surface area (Å²) in [4.78, 5) is 22.2. The molecule has 0 radical (unpaired) electrons. The zero-order valence-corrected chi connectivity index (χ0v) is 16.0. The molecule has 2 N–H and O–H groups in total. The number of piperidine rings is 1. The summed E-state index contributed by atoms with van der Waals surface area (Å²) in [6, 6.07) is 6.82. The number of nitrogens with zero attached hydrogens (tertiary/aromatic N) is 2. The summed E-state index contributed by atoms with van der Waals surface area (Å²) in [5.74, 6) is 0.822. The van der Waals surface area contributed by atoms with Crippen LogP contribution in [0.4, 0.5) is 0 Å². The van der Waals surface area contributed by atoms with Gasteiger partial charge in [0.15, 0.2) is 0 Å². The first kappa shape index (κ1) is 18.4. The van der Waals surface area contributed by atoms with Crippen LogP contribution in [0.1, 0.15) is 37.1 Å². The third-order valence-electron chi connectivity index (χ3n) is 6.21. The van der Waals surface area contributed by atoms with Crippen molar-refractivity contribution in [3.63, 3.8) is 0 Å². The molecule has 0 unspecified atom stereocenters. The average molecular weight is 371 g/mol. The van der Waals surface area contributed by atoms with Gasteiger partial charge >= 0.3 is 5.97 Å². The summed E-state index contributed by atoms with van der Waals surface area (Å²) in [5.41, 5.74) is 3.27. The molecule has 1 aromatic heterocycles. The van der Waals surface area contributed by atoms with E-state index in [-0.39, 0.29) is 12.3 Å². The molecule has 4 rings (SSSR count). The number of imidazole rings is 1. The molecule has 2 saturated heterocycles. The molecule has 6 nitrogen and oxygen atoms in total. The first-order chi connectivity index (χ1) is 13.1. The maximum atomic E-state index is 11.4. The van der Waals surface area contributed by atoms with Gasteiger partial charge in [0.25, 0.3) is 0 Å². The van der Waals surface area contributed by atoms with Crippen molar-refractivity contribution in [1.82, 2.24) is 14.9 Å². The van der Waals surface area contributed by atoms with Crippen LogP contribution in [-0.4, -0.2) is 58.3 Å². The predicted molar refractivity (Wildman–Crippen MR) is 104 cm³/mol. The molecule has 2 aliphatic rings. The Hall–Kier alpha value is -1.92. The monoisotopic (exact) mass is 371 g/mol. The molecule has 2 aliphatic heterocycles. The first-order valence-corrected chi connectivity index (χ1v) is 10.1. The van der Waals surface area contributed by atoms with Gasteiger partial charge in [-0.15, -0.1) is 0 Å². The van der Waals surface area contributed by atoms with E-state index in [1.54, 1.807) is 0 Å². The maximum absolute atomic E-state index is 11.4. The molecular weight excluding hydrogens is 342 g/mol. The fourth-order valence-electron chi connectivity index (χ4n) is 4.74. The van der Waals surface area contributed by atoms with E-state index >= 15 is 0 Å². The summed E-state index contributed by atoms with van der Waals surface area (Å²) in [6.45, 7) is 5.72. The molecule has 0 saturated carbocycles. The van der Waals surface area contributed by atoms with E-state index < -0.39 is 5.97 Å². The van der Waals surface area contributed by atoms with Gasteiger partial charge in [0, 0.05) is 38.6 Å². The number of aromatic amines is 1.